The maximum Gasteiger partial charge on any atom is 0.387 e. The number of nitrogens with one attached hydrogen (secondary N) is 1. The molecule has 2 atom stereocenters. The molecule has 0 aliphatic carbocycles. The van der Waals surface area contributed by atoms with Crippen LogP contribution in [-0.2, 0) is 4.74 Å². The van der Waals surface area contributed by atoms with E-state index >= 15 is 0 Å². The molecule has 1 aliphatic rings. The Balaban J connectivity index is 0.00000280. The molecular weight excluding hydrogens is 358 g/mol. The molecule has 27 heavy (non-hydrogen) atoms. The van der Waals surface area contributed by atoms with E-state index in [1.807, 2.05) is 0 Å². The van der Waals surface area contributed by atoms with Crippen molar-refractivity contribution in [3.8, 4) is 5.75 Å². The molecule has 0 unspecified atom stereocenters. The molecule has 1 aromatic heterocycles. The third kappa shape index (κ3) is 4.90. The summed E-state index contributed by atoms with van der Waals surface area (Å²) in [5, 5.41) is 13.5. The van der Waals surface area contributed by atoms with Crippen LogP contribution in [0.1, 0.15) is 38.5 Å². The van der Waals surface area contributed by atoms with Crippen LogP contribution in [0, 0.1) is 0 Å². The summed E-state index contributed by atoms with van der Waals surface area (Å²) in [5.41, 5.74) is -0.0854. The van der Waals surface area contributed by atoms with Crippen molar-refractivity contribution < 1.29 is 29.6 Å². The number of halogens is 2. The van der Waals surface area contributed by atoms with Crippen LogP contribution >= 0.6 is 0 Å². The second-order valence-corrected chi connectivity index (χ2v) is 7.18. The third-order valence-electron chi connectivity index (χ3n) is 4.54. The second-order valence-electron chi connectivity index (χ2n) is 7.18. The van der Waals surface area contributed by atoms with Gasteiger partial charge in [-0.3, -0.25) is 9.78 Å². The van der Waals surface area contributed by atoms with Gasteiger partial charge in [0.2, 0.25) is 0 Å². The topological polar surface area (TPSA) is 80.7 Å². The number of carbonyl (C=O) groups is 1. The largest absolute Gasteiger partial charge is 0.435 e. The van der Waals surface area contributed by atoms with Crippen molar-refractivity contribution in [2.75, 3.05) is 6.61 Å². The lowest BCUT2D eigenvalue weighted by Crippen LogP contribution is -2.48. The predicted molar refractivity (Wildman–Crippen MR) is 97.0 cm³/mol. The maximum absolute atomic E-state index is 12.5. The SMILES string of the molecule is CC(C)(O)[C@@H]1CC[C@@H](NC(=O)c2cnc3cc(OC(F)F)ccc3c2)CO1.[HH]. The monoisotopic (exact) mass is 382 g/mol. The molecular formula is C19H24F2N2O4. The van der Waals surface area contributed by atoms with Crippen molar-refractivity contribution in [3.63, 3.8) is 0 Å². The average Bonchev–Trinajstić information content (AvgIpc) is 2.60. The van der Waals surface area contributed by atoms with Gasteiger partial charge in [0.25, 0.3) is 5.91 Å². The number of fused-ring (bicyclic) bond motifs is 1. The highest BCUT2D eigenvalue weighted by Crippen LogP contribution is 2.24. The number of hydrogen-bond donors (Lipinski definition) is 2. The lowest BCUT2D eigenvalue weighted by Gasteiger charge is -2.36. The Kier molecular flexibility index (Phi) is 5.57. The van der Waals surface area contributed by atoms with E-state index in [1.165, 1.54) is 18.3 Å². The zero-order valence-corrected chi connectivity index (χ0v) is 15.1. The van der Waals surface area contributed by atoms with E-state index in [4.69, 9.17) is 4.74 Å². The molecule has 1 aliphatic heterocycles. The Bertz CT molecular complexity index is 821. The van der Waals surface area contributed by atoms with Gasteiger partial charge < -0.3 is 19.9 Å². The fraction of sp³-hybridized carbons (Fsp3) is 0.474. The molecule has 2 N–H and O–H groups in total. The minimum Gasteiger partial charge on any atom is -0.435 e. The summed E-state index contributed by atoms with van der Waals surface area (Å²) < 4.78 is 34.6. The molecule has 1 aromatic carbocycles. The molecule has 0 spiro atoms. The van der Waals surface area contributed by atoms with Crippen LogP contribution in [0.2, 0.25) is 0 Å². The summed E-state index contributed by atoms with van der Waals surface area (Å²) in [5.74, 6) is -0.268. The normalized spacial score (nSPS) is 20.7. The molecule has 2 aromatic rings. The number of amides is 1. The highest BCUT2D eigenvalue weighted by atomic mass is 19.3. The van der Waals surface area contributed by atoms with Gasteiger partial charge in [0, 0.05) is 19.1 Å². The van der Waals surface area contributed by atoms with Gasteiger partial charge in [-0.1, -0.05) is 0 Å². The van der Waals surface area contributed by atoms with Crippen molar-refractivity contribution in [1.29, 1.82) is 0 Å². The predicted octanol–water partition coefficient (Wildman–Crippen LogP) is 3.13. The van der Waals surface area contributed by atoms with Crippen LogP contribution in [0.25, 0.3) is 10.9 Å². The van der Waals surface area contributed by atoms with E-state index in [1.54, 1.807) is 26.0 Å². The van der Waals surface area contributed by atoms with E-state index in [0.29, 0.717) is 35.9 Å². The number of carbonyl (C=O) groups excluding carboxylic acids is 1. The molecule has 148 valence electrons. The number of benzene rings is 1. The first-order valence-electron chi connectivity index (χ1n) is 8.72. The van der Waals surface area contributed by atoms with E-state index in [9.17, 15) is 18.7 Å². The average molecular weight is 382 g/mol. The Morgan fingerprint density at radius 3 is 2.81 bits per heavy atom. The minimum atomic E-state index is -2.90. The molecule has 6 nitrogen and oxygen atoms in total. The smallest absolute Gasteiger partial charge is 0.387 e. The molecule has 0 saturated carbocycles. The summed E-state index contributed by atoms with van der Waals surface area (Å²) in [4.78, 5) is 16.6. The van der Waals surface area contributed by atoms with Gasteiger partial charge in [0.1, 0.15) is 5.75 Å². The first kappa shape index (κ1) is 19.4. The number of aromatic nitrogens is 1. The highest BCUT2D eigenvalue weighted by molar-refractivity contribution is 5.97. The van der Waals surface area contributed by atoms with Crippen molar-refractivity contribution in [2.45, 2.75) is 51.0 Å². The van der Waals surface area contributed by atoms with Crippen molar-refractivity contribution in [1.82, 2.24) is 10.3 Å². The van der Waals surface area contributed by atoms with E-state index in [2.05, 4.69) is 15.0 Å². The summed E-state index contributed by atoms with van der Waals surface area (Å²) in [6.07, 6.45) is 2.50. The lowest BCUT2D eigenvalue weighted by molar-refractivity contribution is -0.114. The van der Waals surface area contributed by atoms with Crippen LogP contribution < -0.4 is 10.1 Å². The molecule has 0 bridgehead atoms. The van der Waals surface area contributed by atoms with Gasteiger partial charge in [-0.15, -0.1) is 0 Å². The zero-order valence-electron chi connectivity index (χ0n) is 15.1. The first-order chi connectivity index (χ1) is 12.7. The van der Waals surface area contributed by atoms with Crippen molar-refractivity contribution in [3.05, 3.63) is 36.0 Å². The number of aliphatic hydroxyl groups is 1. The third-order valence-corrected chi connectivity index (χ3v) is 4.54. The number of rotatable bonds is 5. The molecule has 0 radical (unpaired) electrons. The first-order valence-corrected chi connectivity index (χ1v) is 8.72. The molecule has 2 heterocycles. The Morgan fingerprint density at radius 2 is 2.19 bits per heavy atom. The van der Waals surface area contributed by atoms with E-state index < -0.39 is 12.2 Å². The fourth-order valence-electron chi connectivity index (χ4n) is 3.09. The van der Waals surface area contributed by atoms with Crippen LogP contribution in [0.4, 0.5) is 8.78 Å². The van der Waals surface area contributed by atoms with E-state index in [-0.39, 0.29) is 25.2 Å². The van der Waals surface area contributed by atoms with Gasteiger partial charge in [-0.25, -0.2) is 0 Å². The van der Waals surface area contributed by atoms with Gasteiger partial charge in [0.05, 0.1) is 35.4 Å². The van der Waals surface area contributed by atoms with Gasteiger partial charge >= 0.3 is 6.61 Å². The molecule has 3 rings (SSSR count). The summed E-state index contributed by atoms with van der Waals surface area (Å²) in [7, 11) is 0. The Hall–Kier alpha value is -2.32. The number of nitrogens with zero attached hydrogens (tertiary/aromatic N) is 1. The van der Waals surface area contributed by atoms with Crippen LogP contribution in [-0.4, -0.2) is 47.0 Å². The number of ether oxygens (including phenoxy) is 2. The second kappa shape index (κ2) is 7.74. The van der Waals surface area contributed by atoms with Crippen LogP contribution in [0.15, 0.2) is 30.5 Å². The van der Waals surface area contributed by atoms with Gasteiger partial charge in [0.15, 0.2) is 0 Å². The van der Waals surface area contributed by atoms with Gasteiger partial charge in [-0.2, -0.15) is 8.78 Å². The number of hydrogen-bond acceptors (Lipinski definition) is 5. The standard InChI is InChI=1S/C19H22F2N2O4.H2/c1-19(2,25)16-6-4-13(10-26-16)23-17(24)12-7-11-3-5-14(27-18(20)21)8-15(11)22-9-12;/h3,5,7-9,13,16,18,25H,4,6,10H2,1-2H3,(H,23,24);1H/t13-,16+;/m1./s1. The molecule has 1 amide bonds. The number of alkyl halides is 2. The molecule has 1 saturated heterocycles. The minimum absolute atomic E-state index is 0. The summed E-state index contributed by atoms with van der Waals surface area (Å²) >= 11 is 0. The quantitative estimate of drug-likeness (QED) is 0.830. The molecule has 1 fully saturated rings. The fourth-order valence-corrected chi connectivity index (χ4v) is 3.09. The maximum atomic E-state index is 12.5. The lowest BCUT2D eigenvalue weighted by atomic mass is 9.93. The van der Waals surface area contributed by atoms with Crippen molar-refractivity contribution >= 4 is 16.8 Å². The highest BCUT2D eigenvalue weighted by Gasteiger charge is 2.32. The van der Waals surface area contributed by atoms with Crippen molar-refractivity contribution in [2.24, 2.45) is 0 Å². The number of pyridine rings is 1. The molecule has 8 heteroatoms. The summed E-state index contributed by atoms with van der Waals surface area (Å²) in [6, 6.07) is 5.88. The van der Waals surface area contributed by atoms with E-state index in [0.717, 1.165) is 0 Å². The van der Waals surface area contributed by atoms with Gasteiger partial charge in [-0.05, 0) is 44.9 Å². The Morgan fingerprint density at radius 1 is 1.41 bits per heavy atom. The van der Waals surface area contributed by atoms with Crippen LogP contribution in [0.5, 0.6) is 5.75 Å². The summed E-state index contributed by atoms with van der Waals surface area (Å²) in [6.45, 7) is 0.834. The van der Waals surface area contributed by atoms with Crippen LogP contribution in [0.3, 0.4) is 0 Å². The zero-order chi connectivity index (χ0) is 19.6. The Labute approximate surface area is 157 Å².